The van der Waals surface area contributed by atoms with Gasteiger partial charge >= 0.3 is 5.97 Å². The number of fused-ring (bicyclic) bond motifs is 1. The van der Waals surface area contributed by atoms with Crippen LogP contribution >= 0.6 is 0 Å². The maximum absolute atomic E-state index is 14.9. The van der Waals surface area contributed by atoms with Gasteiger partial charge in [-0.05, 0) is 56.5 Å². The fourth-order valence-electron chi connectivity index (χ4n) is 4.02. The largest absolute Gasteiger partial charge is 0.462 e. The van der Waals surface area contributed by atoms with E-state index in [4.69, 9.17) is 4.74 Å². The molecule has 1 saturated heterocycles. The van der Waals surface area contributed by atoms with E-state index in [-0.39, 0.29) is 35.5 Å². The number of aliphatic hydroxyl groups excluding tert-OH is 1. The summed E-state index contributed by atoms with van der Waals surface area (Å²) in [5.74, 6) is -0.756. The lowest BCUT2D eigenvalue weighted by atomic mass is 9.92. The van der Waals surface area contributed by atoms with E-state index < -0.39 is 22.8 Å². The van der Waals surface area contributed by atoms with Crippen LogP contribution in [-0.2, 0) is 4.74 Å². The summed E-state index contributed by atoms with van der Waals surface area (Å²) in [6.07, 6.45) is 2.00. The molecule has 174 valence electrons. The van der Waals surface area contributed by atoms with Crippen LogP contribution in [0.2, 0.25) is 0 Å². The van der Waals surface area contributed by atoms with E-state index in [1.54, 1.807) is 38.1 Å². The van der Waals surface area contributed by atoms with Gasteiger partial charge in [0.05, 0.1) is 29.9 Å². The molecule has 9 heteroatoms. The van der Waals surface area contributed by atoms with Gasteiger partial charge in [-0.1, -0.05) is 6.07 Å². The van der Waals surface area contributed by atoms with E-state index in [1.807, 2.05) is 4.90 Å². The number of halogens is 1. The van der Waals surface area contributed by atoms with Crippen molar-refractivity contribution < 1.29 is 24.1 Å². The summed E-state index contributed by atoms with van der Waals surface area (Å²) in [6, 6.07) is 7.90. The molecule has 0 aliphatic carbocycles. The van der Waals surface area contributed by atoms with Crippen LogP contribution in [0.15, 0.2) is 41.3 Å². The molecule has 2 N–H and O–H groups in total. The van der Waals surface area contributed by atoms with Gasteiger partial charge in [0.25, 0.3) is 0 Å². The summed E-state index contributed by atoms with van der Waals surface area (Å²) in [7, 11) is 0. The standard InChI is InChI=1S/C24H26FN3O5/c1-3-33-23(31)17-13-28(19-6-4-15(2)12-18(19)25)22-16(21(17)30)5-7-20(26-22)27-10-8-24(32,14-29)9-11-27/h4-7,12-13,29,32H,3,8-11,14H2,1-2H3. The number of hydrogen-bond donors (Lipinski definition) is 2. The monoisotopic (exact) mass is 455 g/mol. The number of aryl methyl sites for hydroxylation is 1. The summed E-state index contributed by atoms with van der Waals surface area (Å²) >= 11 is 0. The lowest BCUT2D eigenvalue weighted by molar-refractivity contribution is -0.0326. The number of aliphatic hydroxyl groups is 2. The van der Waals surface area contributed by atoms with Crippen LogP contribution in [0.5, 0.6) is 0 Å². The third-order valence-electron chi connectivity index (χ3n) is 6.01. The van der Waals surface area contributed by atoms with E-state index in [0.717, 1.165) is 5.56 Å². The Hall–Kier alpha value is -3.30. The van der Waals surface area contributed by atoms with Gasteiger partial charge in [-0.3, -0.25) is 9.36 Å². The number of aromatic nitrogens is 2. The zero-order valence-electron chi connectivity index (χ0n) is 18.5. The fourth-order valence-corrected chi connectivity index (χ4v) is 4.02. The molecule has 33 heavy (non-hydrogen) atoms. The second kappa shape index (κ2) is 8.92. The number of ether oxygens (including phenoxy) is 1. The first-order valence-electron chi connectivity index (χ1n) is 10.8. The topological polar surface area (TPSA) is 105 Å². The first kappa shape index (κ1) is 22.9. The molecule has 0 saturated carbocycles. The van der Waals surface area contributed by atoms with Gasteiger partial charge in [-0.15, -0.1) is 0 Å². The van der Waals surface area contributed by atoms with Crippen molar-refractivity contribution in [2.75, 3.05) is 31.2 Å². The van der Waals surface area contributed by atoms with E-state index in [2.05, 4.69) is 4.98 Å². The minimum Gasteiger partial charge on any atom is -0.462 e. The SMILES string of the molecule is CCOC(=O)c1cn(-c2ccc(C)cc2F)c2nc(N3CCC(O)(CO)CC3)ccc2c1=O. The number of anilines is 1. The van der Waals surface area contributed by atoms with Crippen LogP contribution < -0.4 is 10.3 Å². The Balaban J connectivity index is 1.88. The number of esters is 1. The Kier molecular flexibility index (Phi) is 6.18. The number of rotatable bonds is 5. The van der Waals surface area contributed by atoms with Crippen molar-refractivity contribution in [3.8, 4) is 5.69 Å². The summed E-state index contributed by atoms with van der Waals surface area (Å²) in [5.41, 5.74) is -0.782. The Bertz CT molecular complexity index is 1260. The van der Waals surface area contributed by atoms with Crippen LogP contribution in [0.3, 0.4) is 0 Å². The molecule has 1 aromatic carbocycles. The van der Waals surface area contributed by atoms with E-state index in [9.17, 15) is 24.2 Å². The number of nitrogens with zero attached hydrogens (tertiary/aromatic N) is 3. The Morgan fingerprint density at radius 3 is 2.61 bits per heavy atom. The molecule has 0 bridgehead atoms. The van der Waals surface area contributed by atoms with E-state index in [1.165, 1.54) is 16.8 Å². The summed E-state index contributed by atoms with van der Waals surface area (Å²) in [6.45, 7) is 4.11. The molecule has 3 aromatic rings. The predicted molar refractivity (Wildman–Crippen MR) is 121 cm³/mol. The van der Waals surface area contributed by atoms with Crippen molar-refractivity contribution in [3.05, 3.63) is 63.7 Å². The molecule has 1 aliphatic rings. The quantitative estimate of drug-likeness (QED) is 0.569. The van der Waals surface area contributed by atoms with Gasteiger partial charge < -0.3 is 19.8 Å². The third-order valence-corrected chi connectivity index (χ3v) is 6.01. The second-order valence-corrected chi connectivity index (χ2v) is 8.33. The smallest absolute Gasteiger partial charge is 0.343 e. The minimum absolute atomic E-state index is 0.0987. The van der Waals surface area contributed by atoms with Crippen molar-refractivity contribution in [2.45, 2.75) is 32.3 Å². The van der Waals surface area contributed by atoms with Gasteiger partial charge in [-0.2, -0.15) is 0 Å². The first-order valence-corrected chi connectivity index (χ1v) is 10.8. The summed E-state index contributed by atoms with van der Waals surface area (Å²) in [4.78, 5) is 32.1. The highest BCUT2D eigenvalue weighted by molar-refractivity contribution is 5.93. The Morgan fingerprint density at radius 1 is 1.24 bits per heavy atom. The van der Waals surface area contributed by atoms with Gasteiger partial charge in [0.2, 0.25) is 5.43 Å². The zero-order valence-corrected chi connectivity index (χ0v) is 18.5. The van der Waals surface area contributed by atoms with Crippen LogP contribution in [0, 0.1) is 12.7 Å². The molecule has 1 fully saturated rings. The predicted octanol–water partition coefficient (Wildman–Crippen LogP) is 2.33. The van der Waals surface area contributed by atoms with Crippen molar-refractivity contribution in [1.82, 2.24) is 9.55 Å². The minimum atomic E-state index is -1.12. The average molecular weight is 455 g/mol. The third kappa shape index (κ3) is 4.34. The molecule has 0 atom stereocenters. The second-order valence-electron chi connectivity index (χ2n) is 8.33. The first-order chi connectivity index (χ1) is 15.8. The fraction of sp³-hybridized carbons (Fsp3) is 0.375. The number of carbonyl (C=O) groups is 1. The molecule has 0 spiro atoms. The van der Waals surface area contributed by atoms with Crippen molar-refractivity contribution in [1.29, 1.82) is 0 Å². The maximum Gasteiger partial charge on any atom is 0.343 e. The van der Waals surface area contributed by atoms with Crippen LogP contribution in [0.25, 0.3) is 16.7 Å². The highest BCUT2D eigenvalue weighted by Gasteiger charge is 2.32. The van der Waals surface area contributed by atoms with Crippen LogP contribution in [0.1, 0.15) is 35.7 Å². The van der Waals surface area contributed by atoms with Gasteiger partial charge in [0.15, 0.2) is 5.65 Å². The molecule has 0 unspecified atom stereocenters. The molecule has 1 aliphatic heterocycles. The van der Waals surface area contributed by atoms with Gasteiger partial charge in [-0.25, -0.2) is 14.2 Å². The number of pyridine rings is 2. The van der Waals surface area contributed by atoms with Crippen molar-refractivity contribution in [3.63, 3.8) is 0 Å². The van der Waals surface area contributed by atoms with Crippen molar-refractivity contribution >= 4 is 22.8 Å². The molecule has 3 heterocycles. The lowest BCUT2D eigenvalue weighted by Gasteiger charge is -2.37. The highest BCUT2D eigenvalue weighted by Crippen LogP contribution is 2.27. The number of benzene rings is 1. The number of carbonyl (C=O) groups excluding carboxylic acids is 1. The highest BCUT2D eigenvalue weighted by atomic mass is 19.1. The molecular formula is C24H26FN3O5. The molecule has 0 radical (unpaired) electrons. The average Bonchev–Trinajstić information content (AvgIpc) is 2.80. The van der Waals surface area contributed by atoms with Crippen LogP contribution in [-0.4, -0.2) is 57.6 Å². The number of piperidine rings is 1. The summed E-state index contributed by atoms with van der Waals surface area (Å²) in [5, 5.41) is 19.9. The van der Waals surface area contributed by atoms with E-state index in [0.29, 0.717) is 31.7 Å². The molecule has 0 amide bonds. The Labute approximate surface area is 189 Å². The molecule has 2 aromatic heterocycles. The van der Waals surface area contributed by atoms with Gasteiger partial charge in [0.1, 0.15) is 17.2 Å². The lowest BCUT2D eigenvalue weighted by Crippen LogP contribution is -2.46. The normalized spacial score (nSPS) is 15.6. The summed E-state index contributed by atoms with van der Waals surface area (Å²) < 4.78 is 21.3. The molecule has 4 rings (SSSR count). The maximum atomic E-state index is 14.9. The van der Waals surface area contributed by atoms with Gasteiger partial charge in [0, 0.05) is 19.3 Å². The molecule has 8 nitrogen and oxygen atoms in total. The van der Waals surface area contributed by atoms with E-state index >= 15 is 0 Å². The molecular weight excluding hydrogens is 429 g/mol. The number of hydrogen-bond acceptors (Lipinski definition) is 7. The Morgan fingerprint density at radius 2 is 1.97 bits per heavy atom. The zero-order chi connectivity index (χ0) is 23.8. The van der Waals surface area contributed by atoms with Crippen LogP contribution in [0.4, 0.5) is 10.2 Å². The van der Waals surface area contributed by atoms with Crippen molar-refractivity contribution in [2.24, 2.45) is 0 Å².